The zero-order valence-electron chi connectivity index (χ0n) is 8.65. The molecule has 17 heavy (non-hydrogen) atoms. The van der Waals surface area contributed by atoms with Crippen molar-refractivity contribution >= 4 is 11.6 Å². The van der Waals surface area contributed by atoms with Crippen molar-refractivity contribution in [2.24, 2.45) is 0 Å². The molecule has 0 heterocycles. The molecule has 0 amide bonds. The van der Waals surface area contributed by atoms with E-state index in [1.54, 1.807) is 0 Å². The molecule has 7 heteroatoms. The molecule has 1 N–H and O–H groups in total. The Balaban J connectivity index is 2.32. The monoisotopic (exact) mass is 271 g/mol. The van der Waals surface area contributed by atoms with Gasteiger partial charge in [-0.3, -0.25) is 0 Å². The number of para-hydroxylation sites is 1. The lowest BCUT2D eigenvalue weighted by Gasteiger charge is -2.10. The van der Waals surface area contributed by atoms with Crippen LogP contribution in [0.25, 0.3) is 0 Å². The number of rotatable bonds is 5. The fourth-order valence-corrected chi connectivity index (χ4v) is 1.29. The van der Waals surface area contributed by atoms with E-state index in [-0.39, 0.29) is 23.9 Å². The highest BCUT2D eigenvalue weighted by Crippen LogP contribution is 2.26. The second kappa shape index (κ2) is 6.07. The third-order valence-electron chi connectivity index (χ3n) is 1.77. The van der Waals surface area contributed by atoms with E-state index in [0.29, 0.717) is 0 Å². The lowest BCUT2D eigenvalue weighted by Crippen LogP contribution is -2.31. The smallest absolute Gasteiger partial charge is 0.401 e. The number of benzene rings is 1. The van der Waals surface area contributed by atoms with E-state index in [0.717, 1.165) is 6.07 Å². The van der Waals surface area contributed by atoms with Crippen molar-refractivity contribution in [1.29, 1.82) is 0 Å². The van der Waals surface area contributed by atoms with Gasteiger partial charge in [0, 0.05) is 6.54 Å². The van der Waals surface area contributed by atoms with Crippen LogP contribution < -0.4 is 10.1 Å². The van der Waals surface area contributed by atoms with Gasteiger partial charge in [-0.2, -0.15) is 13.2 Å². The van der Waals surface area contributed by atoms with Crippen LogP contribution in [0.1, 0.15) is 0 Å². The Morgan fingerprint density at radius 3 is 2.59 bits per heavy atom. The summed E-state index contributed by atoms with van der Waals surface area (Å²) in [7, 11) is 0. The van der Waals surface area contributed by atoms with Gasteiger partial charge in [-0.15, -0.1) is 0 Å². The SMILES string of the molecule is Fc1cccc(Cl)c1OCCNCC(F)(F)F. The molecule has 96 valence electrons. The Morgan fingerprint density at radius 1 is 1.29 bits per heavy atom. The van der Waals surface area contributed by atoms with Gasteiger partial charge < -0.3 is 10.1 Å². The van der Waals surface area contributed by atoms with Gasteiger partial charge in [0.15, 0.2) is 11.6 Å². The fourth-order valence-electron chi connectivity index (χ4n) is 1.08. The summed E-state index contributed by atoms with van der Waals surface area (Å²) in [6.07, 6.45) is -4.27. The summed E-state index contributed by atoms with van der Waals surface area (Å²) >= 11 is 5.65. The molecule has 2 nitrogen and oxygen atoms in total. The third kappa shape index (κ3) is 5.23. The lowest BCUT2D eigenvalue weighted by molar-refractivity contribution is -0.124. The van der Waals surface area contributed by atoms with E-state index >= 15 is 0 Å². The molecular formula is C10H10ClF4NO. The average molecular weight is 272 g/mol. The predicted octanol–water partition coefficient (Wildman–Crippen LogP) is 3.01. The number of hydrogen-bond acceptors (Lipinski definition) is 2. The maximum Gasteiger partial charge on any atom is 0.401 e. The summed E-state index contributed by atoms with van der Waals surface area (Å²) in [5, 5.41) is 2.20. The molecule has 1 rings (SSSR count). The topological polar surface area (TPSA) is 21.3 Å². The summed E-state index contributed by atoms with van der Waals surface area (Å²) in [5.41, 5.74) is 0. The zero-order valence-corrected chi connectivity index (χ0v) is 9.41. The molecular weight excluding hydrogens is 262 g/mol. The highest BCUT2D eigenvalue weighted by atomic mass is 35.5. The highest BCUT2D eigenvalue weighted by Gasteiger charge is 2.25. The average Bonchev–Trinajstić information content (AvgIpc) is 2.20. The Kier molecular flexibility index (Phi) is 5.02. The number of ether oxygens (including phenoxy) is 1. The van der Waals surface area contributed by atoms with Crippen LogP contribution in [0, 0.1) is 5.82 Å². The molecule has 1 aromatic carbocycles. The van der Waals surface area contributed by atoms with Gasteiger partial charge in [-0.25, -0.2) is 4.39 Å². The van der Waals surface area contributed by atoms with E-state index in [1.807, 2.05) is 0 Å². The summed E-state index contributed by atoms with van der Waals surface area (Å²) < 4.78 is 53.3. The Hall–Kier alpha value is -1.01. The zero-order chi connectivity index (χ0) is 12.9. The first-order chi connectivity index (χ1) is 7.90. The van der Waals surface area contributed by atoms with E-state index in [2.05, 4.69) is 5.32 Å². The molecule has 0 atom stereocenters. The third-order valence-corrected chi connectivity index (χ3v) is 2.07. The predicted molar refractivity (Wildman–Crippen MR) is 55.8 cm³/mol. The minimum atomic E-state index is -4.27. The Morgan fingerprint density at radius 2 is 2.00 bits per heavy atom. The number of nitrogens with one attached hydrogen (secondary N) is 1. The standard InChI is InChI=1S/C10H10ClF4NO/c11-7-2-1-3-8(12)9(7)17-5-4-16-6-10(13,14)15/h1-3,16H,4-6H2. The van der Waals surface area contributed by atoms with Crippen molar-refractivity contribution in [3.05, 3.63) is 29.0 Å². The van der Waals surface area contributed by atoms with Crippen molar-refractivity contribution in [1.82, 2.24) is 5.32 Å². The fraction of sp³-hybridized carbons (Fsp3) is 0.400. The largest absolute Gasteiger partial charge is 0.488 e. The first-order valence-electron chi connectivity index (χ1n) is 4.74. The highest BCUT2D eigenvalue weighted by molar-refractivity contribution is 6.32. The van der Waals surface area contributed by atoms with Crippen LogP contribution in [0.15, 0.2) is 18.2 Å². The van der Waals surface area contributed by atoms with Crippen molar-refractivity contribution in [2.45, 2.75) is 6.18 Å². The molecule has 0 unspecified atom stereocenters. The van der Waals surface area contributed by atoms with Gasteiger partial charge in [0.1, 0.15) is 6.61 Å². The maximum atomic E-state index is 13.1. The van der Waals surface area contributed by atoms with Crippen molar-refractivity contribution < 1.29 is 22.3 Å². The van der Waals surface area contributed by atoms with E-state index in [9.17, 15) is 17.6 Å². The van der Waals surface area contributed by atoms with Gasteiger partial charge in [-0.05, 0) is 12.1 Å². The molecule has 0 aromatic heterocycles. The normalized spacial score (nSPS) is 11.6. The second-order valence-corrected chi connectivity index (χ2v) is 3.60. The number of hydrogen-bond donors (Lipinski definition) is 1. The van der Waals surface area contributed by atoms with Crippen LogP contribution >= 0.6 is 11.6 Å². The van der Waals surface area contributed by atoms with Crippen molar-refractivity contribution in [3.63, 3.8) is 0 Å². The van der Waals surface area contributed by atoms with E-state index in [1.165, 1.54) is 12.1 Å². The van der Waals surface area contributed by atoms with Crippen LogP contribution in [0.5, 0.6) is 5.75 Å². The molecule has 0 spiro atoms. The summed E-state index contributed by atoms with van der Waals surface area (Å²) in [6, 6.07) is 4.00. The molecule has 1 aromatic rings. The van der Waals surface area contributed by atoms with Gasteiger partial charge in [0.05, 0.1) is 11.6 Å². The quantitative estimate of drug-likeness (QED) is 0.657. The van der Waals surface area contributed by atoms with Crippen LogP contribution in [-0.2, 0) is 0 Å². The Labute approximate surface area is 101 Å². The van der Waals surface area contributed by atoms with Crippen LogP contribution in [0.2, 0.25) is 5.02 Å². The van der Waals surface area contributed by atoms with E-state index in [4.69, 9.17) is 16.3 Å². The number of halogens is 5. The second-order valence-electron chi connectivity index (χ2n) is 3.19. The first-order valence-corrected chi connectivity index (χ1v) is 5.12. The van der Waals surface area contributed by atoms with Crippen molar-refractivity contribution in [3.8, 4) is 5.75 Å². The van der Waals surface area contributed by atoms with Gasteiger partial charge in [0.2, 0.25) is 0 Å². The minimum Gasteiger partial charge on any atom is -0.488 e. The maximum absolute atomic E-state index is 13.1. The Bertz CT molecular complexity index is 350. The molecule has 0 saturated carbocycles. The summed E-state index contributed by atoms with van der Waals surface area (Å²) in [6.45, 7) is -1.26. The number of alkyl halides is 3. The molecule has 0 bridgehead atoms. The molecule has 0 radical (unpaired) electrons. The van der Waals surface area contributed by atoms with E-state index < -0.39 is 18.5 Å². The molecule has 0 aliphatic carbocycles. The van der Waals surface area contributed by atoms with Crippen molar-refractivity contribution in [2.75, 3.05) is 19.7 Å². The van der Waals surface area contributed by atoms with Gasteiger partial charge in [-0.1, -0.05) is 17.7 Å². The van der Waals surface area contributed by atoms with Gasteiger partial charge in [0.25, 0.3) is 0 Å². The van der Waals surface area contributed by atoms with Crippen LogP contribution in [-0.4, -0.2) is 25.9 Å². The van der Waals surface area contributed by atoms with Crippen LogP contribution in [0.3, 0.4) is 0 Å². The van der Waals surface area contributed by atoms with Crippen LogP contribution in [0.4, 0.5) is 17.6 Å². The first kappa shape index (κ1) is 14.1. The summed E-state index contributed by atoms with van der Waals surface area (Å²) in [4.78, 5) is 0. The lowest BCUT2D eigenvalue weighted by atomic mass is 10.3. The summed E-state index contributed by atoms with van der Waals surface area (Å²) in [5.74, 6) is -0.795. The molecule has 0 aliphatic rings. The molecule has 0 aliphatic heterocycles. The van der Waals surface area contributed by atoms with Gasteiger partial charge >= 0.3 is 6.18 Å². The molecule has 0 fully saturated rings. The molecule has 0 saturated heterocycles. The minimum absolute atomic E-state index is 0.0514.